The Hall–Kier alpha value is -2.87. The lowest BCUT2D eigenvalue weighted by Gasteiger charge is -2.34. The number of anilines is 1. The van der Waals surface area contributed by atoms with Gasteiger partial charge in [0.2, 0.25) is 0 Å². The molecule has 26 heavy (non-hydrogen) atoms. The van der Waals surface area contributed by atoms with Crippen molar-refractivity contribution in [2.24, 2.45) is 0 Å². The molecular formula is C18H16FN5OS. The molecular weight excluding hydrogens is 353 g/mol. The van der Waals surface area contributed by atoms with Gasteiger partial charge in [-0.25, -0.2) is 14.4 Å². The van der Waals surface area contributed by atoms with Gasteiger partial charge in [0.1, 0.15) is 22.3 Å². The minimum absolute atomic E-state index is 0.0755. The first-order valence-electron chi connectivity index (χ1n) is 8.22. The SMILES string of the molecule is O=C(c1csc(-c2ccc(F)cc2)n1)N1CCN(c2cnccn2)CC1. The van der Waals surface area contributed by atoms with Gasteiger partial charge in [-0.15, -0.1) is 11.3 Å². The summed E-state index contributed by atoms with van der Waals surface area (Å²) in [6.07, 6.45) is 5.04. The fourth-order valence-electron chi connectivity index (χ4n) is 2.85. The average molecular weight is 369 g/mol. The Kier molecular flexibility index (Phi) is 4.57. The van der Waals surface area contributed by atoms with Crippen LogP contribution >= 0.6 is 11.3 Å². The normalized spacial score (nSPS) is 14.5. The molecule has 3 aromatic rings. The van der Waals surface area contributed by atoms with E-state index in [4.69, 9.17) is 0 Å². The third-order valence-corrected chi connectivity index (χ3v) is 5.15. The van der Waals surface area contributed by atoms with Crippen LogP contribution in [0.4, 0.5) is 10.2 Å². The maximum absolute atomic E-state index is 13.0. The molecule has 1 aliphatic rings. The van der Waals surface area contributed by atoms with Crippen LogP contribution in [0.1, 0.15) is 10.5 Å². The Morgan fingerprint density at radius 2 is 1.85 bits per heavy atom. The van der Waals surface area contributed by atoms with Gasteiger partial charge in [0.15, 0.2) is 0 Å². The monoisotopic (exact) mass is 369 g/mol. The predicted octanol–water partition coefficient (Wildman–Crippen LogP) is 2.70. The highest BCUT2D eigenvalue weighted by molar-refractivity contribution is 7.13. The second-order valence-corrected chi connectivity index (χ2v) is 6.75. The zero-order valence-electron chi connectivity index (χ0n) is 13.9. The van der Waals surface area contributed by atoms with Crippen molar-refractivity contribution in [2.75, 3.05) is 31.1 Å². The van der Waals surface area contributed by atoms with E-state index in [9.17, 15) is 9.18 Å². The fourth-order valence-corrected chi connectivity index (χ4v) is 3.65. The van der Waals surface area contributed by atoms with Crippen molar-refractivity contribution < 1.29 is 9.18 Å². The number of nitrogens with zero attached hydrogens (tertiary/aromatic N) is 5. The number of benzene rings is 1. The molecule has 0 radical (unpaired) electrons. The summed E-state index contributed by atoms with van der Waals surface area (Å²) in [5.41, 5.74) is 1.24. The topological polar surface area (TPSA) is 62.2 Å². The van der Waals surface area contributed by atoms with Gasteiger partial charge in [-0.3, -0.25) is 9.78 Å². The number of carbonyl (C=O) groups excluding carboxylic acids is 1. The summed E-state index contributed by atoms with van der Waals surface area (Å²) < 4.78 is 13.0. The van der Waals surface area contributed by atoms with Crippen molar-refractivity contribution >= 4 is 23.1 Å². The number of piperazine rings is 1. The van der Waals surface area contributed by atoms with E-state index in [2.05, 4.69) is 19.9 Å². The summed E-state index contributed by atoms with van der Waals surface area (Å²) in [7, 11) is 0. The lowest BCUT2D eigenvalue weighted by Crippen LogP contribution is -2.49. The second-order valence-electron chi connectivity index (χ2n) is 5.89. The summed E-state index contributed by atoms with van der Waals surface area (Å²) in [6.45, 7) is 2.64. The van der Waals surface area contributed by atoms with Crippen LogP contribution in [-0.2, 0) is 0 Å². The Morgan fingerprint density at radius 3 is 2.54 bits per heavy atom. The van der Waals surface area contributed by atoms with Crippen LogP contribution < -0.4 is 4.90 Å². The maximum Gasteiger partial charge on any atom is 0.273 e. The molecule has 0 saturated carbocycles. The van der Waals surface area contributed by atoms with Gasteiger partial charge < -0.3 is 9.80 Å². The highest BCUT2D eigenvalue weighted by Crippen LogP contribution is 2.25. The van der Waals surface area contributed by atoms with Crippen LogP contribution in [-0.4, -0.2) is 51.9 Å². The van der Waals surface area contributed by atoms with Crippen LogP contribution in [0.25, 0.3) is 10.6 Å². The molecule has 0 bridgehead atoms. The minimum Gasteiger partial charge on any atom is -0.352 e. The second kappa shape index (κ2) is 7.17. The first-order valence-corrected chi connectivity index (χ1v) is 9.10. The van der Waals surface area contributed by atoms with E-state index in [0.29, 0.717) is 36.9 Å². The molecule has 1 aliphatic heterocycles. The Morgan fingerprint density at radius 1 is 1.08 bits per heavy atom. The first kappa shape index (κ1) is 16.6. The number of rotatable bonds is 3. The number of hydrogen-bond donors (Lipinski definition) is 0. The van der Waals surface area contributed by atoms with Crippen LogP contribution in [0.2, 0.25) is 0 Å². The van der Waals surface area contributed by atoms with Gasteiger partial charge in [0.25, 0.3) is 5.91 Å². The van der Waals surface area contributed by atoms with E-state index in [1.807, 2.05) is 0 Å². The van der Waals surface area contributed by atoms with Crippen molar-refractivity contribution in [3.8, 4) is 10.6 Å². The van der Waals surface area contributed by atoms with Crippen molar-refractivity contribution in [1.82, 2.24) is 19.9 Å². The summed E-state index contributed by atoms with van der Waals surface area (Å²) in [5, 5.41) is 2.47. The molecule has 8 heteroatoms. The molecule has 1 fully saturated rings. The molecule has 3 heterocycles. The number of aromatic nitrogens is 3. The molecule has 0 N–H and O–H groups in total. The molecule has 0 unspecified atom stereocenters. The zero-order chi connectivity index (χ0) is 17.9. The molecule has 6 nitrogen and oxygen atoms in total. The Bertz CT molecular complexity index is 891. The fraction of sp³-hybridized carbons (Fsp3) is 0.222. The van der Waals surface area contributed by atoms with Crippen molar-refractivity contribution in [2.45, 2.75) is 0 Å². The summed E-state index contributed by atoms with van der Waals surface area (Å²) >= 11 is 1.39. The highest BCUT2D eigenvalue weighted by Gasteiger charge is 2.24. The number of carbonyl (C=O) groups is 1. The van der Waals surface area contributed by atoms with E-state index in [0.717, 1.165) is 11.4 Å². The largest absolute Gasteiger partial charge is 0.352 e. The van der Waals surface area contributed by atoms with E-state index in [1.165, 1.54) is 23.5 Å². The Balaban J connectivity index is 1.42. The van der Waals surface area contributed by atoms with Gasteiger partial charge in [-0.05, 0) is 24.3 Å². The molecule has 132 valence electrons. The third kappa shape index (κ3) is 3.41. The zero-order valence-corrected chi connectivity index (χ0v) is 14.7. The molecule has 0 spiro atoms. The van der Waals surface area contributed by atoms with E-state index in [1.54, 1.807) is 41.0 Å². The van der Waals surface area contributed by atoms with Gasteiger partial charge >= 0.3 is 0 Å². The lowest BCUT2D eigenvalue weighted by molar-refractivity contribution is 0.0741. The Labute approximate surface area is 154 Å². The molecule has 1 saturated heterocycles. The van der Waals surface area contributed by atoms with Crippen molar-refractivity contribution in [3.63, 3.8) is 0 Å². The number of thiazole rings is 1. The van der Waals surface area contributed by atoms with E-state index in [-0.39, 0.29) is 11.7 Å². The van der Waals surface area contributed by atoms with E-state index < -0.39 is 0 Å². The third-order valence-electron chi connectivity index (χ3n) is 4.25. The standard InChI is InChI=1S/C18H16FN5OS/c19-14-3-1-13(2-4-14)17-22-15(12-26-17)18(25)24-9-7-23(8-10-24)16-11-20-5-6-21-16/h1-6,11-12H,7-10H2. The van der Waals surface area contributed by atoms with Crippen LogP contribution in [0.15, 0.2) is 48.2 Å². The summed E-state index contributed by atoms with van der Waals surface area (Å²) in [5.74, 6) is 0.461. The van der Waals surface area contributed by atoms with Crippen LogP contribution in [0, 0.1) is 5.82 Å². The van der Waals surface area contributed by atoms with Crippen LogP contribution in [0.5, 0.6) is 0 Å². The van der Waals surface area contributed by atoms with Crippen molar-refractivity contribution in [3.05, 3.63) is 59.7 Å². The minimum atomic E-state index is -0.289. The number of halogens is 1. The van der Waals surface area contributed by atoms with Gasteiger partial charge in [0, 0.05) is 49.5 Å². The maximum atomic E-state index is 13.0. The van der Waals surface area contributed by atoms with Gasteiger partial charge in [-0.1, -0.05) is 0 Å². The summed E-state index contributed by atoms with van der Waals surface area (Å²) in [4.78, 5) is 29.4. The molecule has 1 amide bonds. The van der Waals surface area contributed by atoms with Crippen molar-refractivity contribution in [1.29, 1.82) is 0 Å². The smallest absolute Gasteiger partial charge is 0.273 e. The van der Waals surface area contributed by atoms with Gasteiger partial charge in [0.05, 0.1) is 6.20 Å². The molecule has 0 aliphatic carbocycles. The molecule has 2 aromatic heterocycles. The predicted molar refractivity (Wildman–Crippen MR) is 97.7 cm³/mol. The summed E-state index contributed by atoms with van der Waals surface area (Å²) in [6, 6.07) is 6.12. The molecule has 1 aromatic carbocycles. The molecule has 0 atom stereocenters. The molecule has 4 rings (SSSR count). The van der Waals surface area contributed by atoms with E-state index >= 15 is 0 Å². The first-order chi connectivity index (χ1) is 12.7. The lowest BCUT2D eigenvalue weighted by atomic mass is 10.2. The van der Waals surface area contributed by atoms with Gasteiger partial charge in [-0.2, -0.15) is 0 Å². The number of amides is 1. The quantitative estimate of drug-likeness (QED) is 0.710. The average Bonchev–Trinajstić information content (AvgIpc) is 3.19. The highest BCUT2D eigenvalue weighted by atomic mass is 32.1. The van der Waals surface area contributed by atoms with Crippen LogP contribution in [0.3, 0.4) is 0 Å². The number of hydrogen-bond acceptors (Lipinski definition) is 6.